The molecule has 0 aromatic heterocycles. The highest BCUT2D eigenvalue weighted by Crippen LogP contribution is 2.39. The second-order valence-corrected chi connectivity index (χ2v) is 7.74. The third-order valence-electron chi connectivity index (χ3n) is 5.85. The van der Waals surface area contributed by atoms with E-state index in [1.54, 1.807) is 0 Å². The number of rotatable bonds is 5. The Morgan fingerprint density at radius 1 is 1.12 bits per heavy atom. The Bertz CT molecular complexity index is 684. The molecule has 2 atom stereocenters. The van der Waals surface area contributed by atoms with Crippen LogP contribution in [0.4, 0.5) is 0 Å². The van der Waals surface area contributed by atoms with Crippen molar-refractivity contribution in [2.24, 2.45) is 0 Å². The summed E-state index contributed by atoms with van der Waals surface area (Å²) in [6.07, 6.45) is 4.68. The number of aromatic hydroxyl groups is 1. The van der Waals surface area contributed by atoms with Crippen LogP contribution in [0.1, 0.15) is 48.8 Å². The Kier molecular flexibility index (Phi) is 6.70. The molecule has 2 aromatic rings. The van der Waals surface area contributed by atoms with Gasteiger partial charge in [-0.25, -0.2) is 0 Å². The second kappa shape index (κ2) is 8.37. The van der Waals surface area contributed by atoms with Gasteiger partial charge < -0.3 is 26.6 Å². The maximum Gasteiger partial charge on any atom is 0.119 e. The average Bonchev–Trinajstić information content (AvgIpc) is 2.92. The van der Waals surface area contributed by atoms with E-state index in [-0.39, 0.29) is 22.9 Å². The minimum absolute atomic E-state index is 0. The molecule has 0 bridgehead atoms. The van der Waals surface area contributed by atoms with Gasteiger partial charge in [-0.1, -0.05) is 49.4 Å². The molecule has 1 saturated heterocycles. The fourth-order valence-corrected chi connectivity index (χ4v) is 4.17. The molecule has 3 heteroatoms. The Hall–Kier alpha value is -1.32. The Morgan fingerprint density at radius 2 is 1.84 bits per heavy atom. The van der Waals surface area contributed by atoms with Gasteiger partial charge in [0.15, 0.2) is 0 Å². The number of phenolic OH excluding ortho intramolecular Hbond substituents is 1. The van der Waals surface area contributed by atoms with E-state index in [1.165, 1.54) is 30.5 Å². The number of benzene rings is 2. The van der Waals surface area contributed by atoms with Crippen molar-refractivity contribution in [3.05, 3.63) is 65.2 Å². The lowest BCUT2D eigenvalue weighted by Crippen LogP contribution is -3.00. The van der Waals surface area contributed by atoms with E-state index < -0.39 is 0 Å². The minimum Gasteiger partial charge on any atom is -1.00 e. The van der Waals surface area contributed by atoms with Gasteiger partial charge in [0.1, 0.15) is 5.75 Å². The monoisotopic (exact) mass is 403 g/mol. The van der Waals surface area contributed by atoms with Crippen LogP contribution in [0.2, 0.25) is 0 Å². The molecular weight excluding hydrogens is 374 g/mol. The molecule has 1 aliphatic heterocycles. The van der Waals surface area contributed by atoms with Gasteiger partial charge in [-0.15, -0.1) is 0 Å². The van der Waals surface area contributed by atoms with Crippen molar-refractivity contribution < 1.29 is 26.6 Å². The van der Waals surface area contributed by atoms with Gasteiger partial charge in [-0.3, -0.25) is 0 Å². The first-order valence-electron chi connectivity index (χ1n) is 9.20. The molecule has 25 heavy (non-hydrogen) atoms. The Labute approximate surface area is 162 Å². The first-order valence-corrected chi connectivity index (χ1v) is 9.20. The van der Waals surface area contributed by atoms with E-state index in [4.69, 9.17) is 0 Å². The first-order chi connectivity index (χ1) is 11.5. The highest BCUT2D eigenvalue weighted by Gasteiger charge is 2.36. The Balaban J connectivity index is 0.00000225. The highest BCUT2D eigenvalue weighted by atomic mass is 79.9. The number of quaternary nitrogens is 1. The molecule has 0 saturated carbocycles. The van der Waals surface area contributed by atoms with Gasteiger partial charge in [0.25, 0.3) is 0 Å². The molecule has 1 aliphatic rings. The van der Waals surface area contributed by atoms with Gasteiger partial charge in [0, 0.05) is 30.7 Å². The van der Waals surface area contributed by atoms with Crippen molar-refractivity contribution >= 4 is 0 Å². The number of hydrogen-bond donors (Lipinski definition) is 1. The highest BCUT2D eigenvalue weighted by molar-refractivity contribution is 5.43. The quantitative estimate of drug-likeness (QED) is 0.753. The van der Waals surface area contributed by atoms with E-state index in [9.17, 15) is 5.11 Å². The van der Waals surface area contributed by atoms with Gasteiger partial charge >= 0.3 is 0 Å². The van der Waals surface area contributed by atoms with E-state index in [0.717, 1.165) is 22.9 Å². The summed E-state index contributed by atoms with van der Waals surface area (Å²) in [6.45, 7) is 3.43. The molecule has 136 valence electrons. The largest absolute Gasteiger partial charge is 1.00 e. The lowest BCUT2D eigenvalue weighted by Gasteiger charge is -2.34. The van der Waals surface area contributed by atoms with Crippen molar-refractivity contribution in [2.45, 2.75) is 44.6 Å². The molecule has 2 unspecified atom stereocenters. The molecule has 0 spiro atoms. The number of halogens is 1. The fraction of sp³-hybridized carbons (Fsp3) is 0.455. The predicted molar refractivity (Wildman–Crippen MR) is 100 cm³/mol. The van der Waals surface area contributed by atoms with Crippen molar-refractivity contribution in [3.63, 3.8) is 0 Å². The summed E-state index contributed by atoms with van der Waals surface area (Å²) in [5.74, 6) is 0.697. The third-order valence-corrected chi connectivity index (χ3v) is 5.85. The fourth-order valence-electron chi connectivity index (χ4n) is 4.17. The van der Waals surface area contributed by atoms with E-state index >= 15 is 0 Å². The minimum atomic E-state index is 0. The first kappa shape index (κ1) is 20.0. The topological polar surface area (TPSA) is 20.2 Å². The maximum absolute atomic E-state index is 10.6. The van der Waals surface area contributed by atoms with Crippen LogP contribution >= 0.6 is 0 Å². The second-order valence-electron chi connectivity index (χ2n) is 7.74. The summed E-state index contributed by atoms with van der Waals surface area (Å²) in [6, 6.07) is 17.5. The van der Waals surface area contributed by atoms with Crippen LogP contribution in [-0.2, 0) is 6.42 Å². The standard InChI is InChI=1S/C22H29NO.BrH/c1-4-17-12-13-22(24)21(15-17)20(18-9-6-5-7-10-18)16-19-11-8-14-23(19,2)3;/h5-7,9-10,12-13,15,19-20H,4,8,11,14,16H2,1-3H3;1H. The number of aryl methyl sites for hydroxylation is 1. The summed E-state index contributed by atoms with van der Waals surface area (Å²) in [5, 5.41) is 10.6. The zero-order chi connectivity index (χ0) is 17.2. The summed E-state index contributed by atoms with van der Waals surface area (Å²) in [7, 11) is 4.70. The molecule has 2 aromatic carbocycles. The molecule has 2 nitrogen and oxygen atoms in total. The average molecular weight is 404 g/mol. The van der Waals surface area contributed by atoms with Gasteiger partial charge in [0.05, 0.1) is 26.7 Å². The maximum atomic E-state index is 10.6. The summed E-state index contributed by atoms with van der Waals surface area (Å²) < 4.78 is 1.09. The van der Waals surface area contributed by atoms with E-state index in [1.807, 2.05) is 12.1 Å². The van der Waals surface area contributed by atoms with Gasteiger partial charge in [-0.05, 0) is 23.6 Å². The van der Waals surface area contributed by atoms with Crippen LogP contribution in [0.15, 0.2) is 48.5 Å². The molecule has 0 aliphatic carbocycles. The molecule has 1 N–H and O–H groups in total. The Morgan fingerprint density at radius 3 is 2.44 bits per heavy atom. The number of phenols is 1. The van der Waals surface area contributed by atoms with Gasteiger partial charge in [0.2, 0.25) is 0 Å². The smallest absolute Gasteiger partial charge is 0.119 e. The number of hydrogen-bond acceptors (Lipinski definition) is 1. The zero-order valence-corrected chi connectivity index (χ0v) is 17.2. The van der Waals surface area contributed by atoms with Crippen LogP contribution in [0.25, 0.3) is 0 Å². The van der Waals surface area contributed by atoms with Gasteiger partial charge in [-0.2, -0.15) is 0 Å². The third kappa shape index (κ3) is 4.45. The van der Waals surface area contributed by atoms with Crippen LogP contribution in [-0.4, -0.2) is 36.3 Å². The zero-order valence-electron chi connectivity index (χ0n) is 15.6. The van der Waals surface area contributed by atoms with Crippen molar-refractivity contribution in [2.75, 3.05) is 20.6 Å². The van der Waals surface area contributed by atoms with E-state index in [0.29, 0.717) is 11.8 Å². The van der Waals surface area contributed by atoms with Crippen molar-refractivity contribution in [3.8, 4) is 5.75 Å². The summed E-state index contributed by atoms with van der Waals surface area (Å²) in [4.78, 5) is 0. The summed E-state index contributed by atoms with van der Waals surface area (Å²) >= 11 is 0. The van der Waals surface area contributed by atoms with Crippen LogP contribution in [0.5, 0.6) is 5.75 Å². The molecule has 1 heterocycles. The predicted octanol–water partition coefficient (Wildman–Crippen LogP) is 1.72. The molecular formula is C22H30BrNO. The lowest BCUT2D eigenvalue weighted by atomic mass is 9.83. The molecule has 3 rings (SSSR count). The summed E-state index contributed by atoms with van der Waals surface area (Å²) in [5.41, 5.74) is 3.70. The van der Waals surface area contributed by atoms with Crippen molar-refractivity contribution in [1.82, 2.24) is 0 Å². The van der Waals surface area contributed by atoms with E-state index in [2.05, 4.69) is 57.4 Å². The van der Waals surface area contributed by atoms with Crippen LogP contribution in [0, 0.1) is 0 Å². The number of nitrogens with zero attached hydrogens (tertiary/aromatic N) is 1. The van der Waals surface area contributed by atoms with Crippen LogP contribution < -0.4 is 17.0 Å². The molecule has 0 radical (unpaired) electrons. The van der Waals surface area contributed by atoms with Crippen molar-refractivity contribution in [1.29, 1.82) is 0 Å². The SMILES string of the molecule is CCc1ccc(O)c(C(CC2CCC[N+]2(C)C)c2ccccc2)c1.[Br-]. The molecule has 1 fully saturated rings. The molecule has 0 amide bonds. The lowest BCUT2D eigenvalue weighted by molar-refractivity contribution is -0.902. The number of likely N-dealkylation sites (tertiary alicyclic amines) is 1. The van der Waals surface area contributed by atoms with Crippen LogP contribution in [0.3, 0.4) is 0 Å². The normalized spacial score (nSPS) is 20.0.